The van der Waals surface area contributed by atoms with Gasteiger partial charge in [0.1, 0.15) is 5.54 Å². The van der Waals surface area contributed by atoms with Crippen molar-refractivity contribution >= 4 is 0 Å². The zero-order chi connectivity index (χ0) is 13.7. The molecule has 1 heterocycles. The molecular formula is C16H28N2O. The highest BCUT2D eigenvalue weighted by molar-refractivity contribution is 5.11. The van der Waals surface area contributed by atoms with E-state index in [0.29, 0.717) is 12.0 Å². The summed E-state index contributed by atoms with van der Waals surface area (Å²) in [5.74, 6) is 0.490. The molecule has 0 radical (unpaired) electrons. The minimum atomic E-state index is -0.345. The lowest BCUT2D eigenvalue weighted by Crippen LogP contribution is -2.55. The van der Waals surface area contributed by atoms with Gasteiger partial charge in [-0.05, 0) is 18.8 Å². The van der Waals surface area contributed by atoms with Gasteiger partial charge in [0, 0.05) is 25.5 Å². The van der Waals surface area contributed by atoms with E-state index in [2.05, 4.69) is 25.2 Å². The van der Waals surface area contributed by atoms with Crippen molar-refractivity contribution in [3.63, 3.8) is 0 Å². The van der Waals surface area contributed by atoms with E-state index in [0.717, 1.165) is 19.4 Å². The third-order valence-corrected chi connectivity index (χ3v) is 4.70. The van der Waals surface area contributed by atoms with Crippen molar-refractivity contribution in [3.05, 3.63) is 0 Å². The summed E-state index contributed by atoms with van der Waals surface area (Å²) in [4.78, 5) is 0. The second-order valence-corrected chi connectivity index (χ2v) is 6.63. The molecule has 2 rings (SSSR count). The topological polar surface area (TPSA) is 45.0 Å². The number of hydrogen-bond acceptors (Lipinski definition) is 3. The van der Waals surface area contributed by atoms with Gasteiger partial charge in [-0.1, -0.05) is 39.5 Å². The van der Waals surface area contributed by atoms with Crippen LogP contribution in [0.5, 0.6) is 0 Å². The summed E-state index contributed by atoms with van der Waals surface area (Å²) in [6.45, 7) is 5.09. The highest BCUT2D eigenvalue weighted by Crippen LogP contribution is 2.30. The maximum atomic E-state index is 9.67. The predicted octanol–water partition coefficient (Wildman–Crippen LogP) is 3.40. The van der Waals surface area contributed by atoms with Gasteiger partial charge >= 0.3 is 0 Å². The number of rotatable bonds is 3. The molecule has 2 fully saturated rings. The van der Waals surface area contributed by atoms with Crippen molar-refractivity contribution in [2.24, 2.45) is 5.92 Å². The van der Waals surface area contributed by atoms with Crippen molar-refractivity contribution < 1.29 is 4.74 Å². The Morgan fingerprint density at radius 3 is 2.47 bits per heavy atom. The van der Waals surface area contributed by atoms with Crippen molar-refractivity contribution in [3.8, 4) is 6.07 Å². The highest BCUT2D eigenvalue weighted by atomic mass is 16.5. The zero-order valence-corrected chi connectivity index (χ0v) is 12.5. The normalized spacial score (nSPS) is 33.9. The van der Waals surface area contributed by atoms with Crippen LogP contribution in [-0.4, -0.2) is 24.3 Å². The number of hydrogen-bond donors (Lipinski definition) is 1. The van der Waals surface area contributed by atoms with Crippen molar-refractivity contribution in [1.29, 1.82) is 5.26 Å². The summed E-state index contributed by atoms with van der Waals surface area (Å²) in [5.41, 5.74) is -0.345. The average molecular weight is 264 g/mol. The van der Waals surface area contributed by atoms with Crippen LogP contribution in [0.25, 0.3) is 0 Å². The summed E-state index contributed by atoms with van der Waals surface area (Å²) < 4.78 is 5.82. The van der Waals surface area contributed by atoms with Gasteiger partial charge in [0.2, 0.25) is 0 Å². The Hall–Kier alpha value is -0.590. The maximum absolute atomic E-state index is 9.67. The molecule has 2 unspecified atom stereocenters. The largest absolute Gasteiger partial charge is 0.378 e. The average Bonchev–Trinajstić information content (AvgIpc) is 2.67. The lowest BCUT2D eigenvalue weighted by atomic mass is 9.83. The van der Waals surface area contributed by atoms with Crippen molar-refractivity contribution in [1.82, 2.24) is 5.32 Å². The highest BCUT2D eigenvalue weighted by Gasteiger charge is 2.39. The molecule has 2 atom stereocenters. The molecule has 108 valence electrons. The van der Waals surface area contributed by atoms with Crippen LogP contribution in [0.3, 0.4) is 0 Å². The van der Waals surface area contributed by atoms with E-state index >= 15 is 0 Å². The minimum absolute atomic E-state index is 0.228. The van der Waals surface area contributed by atoms with Crippen LogP contribution in [0, 0.1) is 17.2 Å². The maximum Gasteiger partial charge on any atom is 0.111 e. The summed E-state index contributed by atoms with van der Waals surface area (Å²) in [6.07, 6.45) is 9.71. The van der Waals surface area contributed by atoms with Crippen LogP contribution in [0.15, 0.2) is 0 Å². The predicted molar refractivity (Wildman–Crippen MR) is 76.8 cm³/mol. The lowest BCUT2D eigenvalue weighted by Gasteiger charge is -2.40. The molecule has 0 aromatic rings. The molecule has 1 saturated heterocycles. The summed E-state index contributed by atoms with van der Waals surface area (Å²) in [6, 6.07) is 3.11. The van der Waals surface area contributed by atoms with Crippen LogP contribution < -0.4 is 5.32 Å². The van der Waals surface area contributed by atoms with Gasteiger partial charge < -0.3 is 4.74 Å². The van der Waals surface area contributed by atoms with E-state index in [1.54, 1.807) is 0 Å². The molecule has 0 aromatic heterocycles. The monoisotopic (exact) mass is 264 g/mol. The molecule has 2 aliphatic rings. The number of ether oxygens (including phenoxy) is 1. The molecule has 3 heteroatoms. The molecule has 0 aromatic carbocycles. The molecular weight excluding hydrogens is 236 g/mol. The fraction of sp³-hybridized carbons (Fsp3) is 0.938. The standard InChI is InChI=1S/C16H28N2O/c1-13(2)15-11-16(12-17,9-10-19-15)18-14-7-5-3-4-6-8-14/h13-15,18H,3-11H2,1-2H3. The molecule has 0 bridgehead atoms. The number of nitriles is 1. The molecule has 1 saturated carbocycles. The number of nitrogens with one attached hydrogen (secondary N) is 1. The van der Waals surface area contributed by atoms with Gasteiger partial charge in [-0.15, -0.1) is 0 Å². The van der Waals surface area contributed by atoms with Crippen molar-refractivity contribution in [2.45, 2.75) is 82.9 Å². The van der Waals surface area contributed by atoms with Gasteiger partial charge in [0.25, 0.3) is 0 Å². The Kier molecular flexibility index (Phi) is 5.24. The van der Waals surface area contributed by atoms with Crippen LogP contribution in [0.1, 0.15) is 65.2 Å². The van der Waals surface area contributed by atoms with E-state index in [1.807, 2.05) is 0 Å². The summed E-state index contributed by atoms with van der Waals surface area (Å²) in [7, 11) is 0. The minimum Gasteiger partial charge on any atom is -0.378 e. The van der Waals surface area contributed by atoms with Gasteiger partial charge in [-0.2, -0.15) is 5.26 Å². The van der Waals surface area contributed by atoms with E-state index in [9.17, 15) is 5.26 Å². The van der Waals surface area contributed by atoms with Crippen LogP contribution >= 0.6 is 0 Å². The summed E-state index contributed by atoms with van der Waals surface area (Å²) >= 11 is 0. The third kappa shape index (κ3) is 3.94. The zero-order valence-electron chi connectivity index (χ0n) is 12.5. The smallest absolute Gasteiger partial charge is 0.111 e. The molecule has 19 heavy (non-hydrogen) atoms. The third-order valence-electron chi connectivity index (χ3n) is 4.70. The Morgan fingerprint density at radius 2 is 1.89 bits per heavy atom. The molecule has 0 spiro atoms. The fourth-order valence-corrected chi connectivity index (χ4v) is 3.40. The van der Waals surface area contributed by atoms with Gasteiger partial charge in [-0.25, -0.2) is 0 Å². The van der Waals surface area contributed by atoms with E-state index in [4.69, 9.17) is 4.74 Å². The van der Waals surface area contributed by atoms with Gasteiger partial charge in [0.05, 0.1) is 12.2 Å². The first-order valence-electron chi connectivity index (χ1n) is 7.96. The molecule has 1 aliphatic carbocycles. The van der Waals surface area contributed by atoms with E-state index in [1.165, 1.54) is 38.5 Å². The Bertz CT molecular complexity index is 315. The molecule has 0 amide bonds. The first-order valence-corrected chi connectivity index (χ1v) is 7.96. The first-order chi connectivity index (χ1) is 9.15. The second-order valence-electron chi connectivity index (χ2n) is 6.63. The van der Waals surface area contributed by atoms with Crippen molar-refractivity contribution in [2.75, 3.05) is 6.61 Å². The molecule has 1 N–H and O–H groups in total. The van der Waals surface area contributed by atoms with Crippen LogP contribution in [0.4, 0.5) is 0 Å². The Labute approximate surface area is 117 Å². The lowest BCUT2D eigenvalue weighted by molar-refractivity contribution is -0.0409. The van der Waals surface area contributed by atoms with Crippen LogP contribution in [0.2, 0.25) is 0 Å². The van der Waals surface area contributed by atoms with Gasteiger partial charge in [-0.3, -0.25) is 5.32 Å². The SMILES string of the molecule is CC(C)C1CC(C#N)(NC2CCCCCC2)CCO1. The number of nitrogens with zero attached hydrogens (tertiary/aromatic N) is 1. The summed E-state index contributed by atoms with van der Waals surface area (Å²) in [5, 5.41) is 13.4. The fourth-order valence-electron chi connectivity index (χ4n) is 3.40. The van der Waals surface area contributed by atoms with Gasteiger partial charge in [0.15, 0.2) is 0 Å². The van der Waals surface area contributed by atoms with E-state index in [-0.39, 0.29) is 11.6 Å². The second kappa shape index (κ2) is 6.72. The Balaban J connectivity index is 1.99. The first kappa shape index (κ1) is 14.8. The molecule has 3 nitrogen and oxygen atoms in total. The molecule has 1 aliphatic heterocycles. The van der Waals surface area contributed by atoms with E-state index < -0.39 is 0 Å². The quantitative estimate of drug-likeness (QED) is 0.795. The Morgan fingerprint density at radius 1 is 1.21 bits per heavy atom. The van der Waals surface area contributed by atoms with Crippen LogP contribution in [-0.2, 0) is 4.74 Å².